The lowest BCUT2D eigenvalue weighted by atomic mass is 9.58. The van der Waals surface area contributed by atoms with E-state index in [1.54, 1.807) is 0 Å². The maximum Gasteiger partial charge on any atom is 0.227 e. The number of nitrogens with zero attached hydrogens (tertiary/aromatic N) is 3. The van der Waals surface area contributed by atoms with Gasteiger partial charge in [-0.2, -0.15) is 0 Å². The Labute approximate surface area is 375 Å². The lowest BCUT2D eigenvalue weighted by molar-refractivity contribution is 0.332. The lowest BCUT2D eigenvalue weighted by Gasteiger charge is -2.42. The third-order valence-corrected chi connectivity index (χ3v) is 13.9. The molecule has 0 saturated carbocycles. The molecule has 309 valence electrons. The second-order valence-corrected chi connectivity index (χ2v) is 19.0. The first-order chi connectivity index (χ1) is 31.1. The minimum Gasteiger partial charge on any atom is -0.436 e. The zero-order valence-electron chi connectivity index (χ0n) is 36.9. The van der Waals surface area contributed by atoms with E-state index in [0.717, 1.165) is 80.2 Å². The van der Waals surface area contributed by atoms with Crippen LogP contribution in [0.25, 0.3) is 61.2 Å². The first-order valence-electron chi connectivity index (χ1n) is 22.5. The maximum absolute atomic E-state index is 6.58. The molecule has 64 heavy (non-hydrogen) atoms. The van der Waals surface area contributed by atoms with Crippen molar-refractivity contribution in [1.82, 2.24) is 9.55 Å². The number of hydrogen-bond acceptors (Lipinski definition) is 4. The Morgan fingerprint density at radius 2 is 1.28 bits per heavy atom. The largest absolute Gasteiger partial charge is 0.436 e. The smallest absolute Gasteiger partial charge is 0.227 e. The summed E-state index contributed by atoms with van der Waals surface area (Å²) < 4.78 is 9.06. The second-order valence-electron chi connectivity index (χ2n) is 19.0. The first-order valence-corrected chi connectivity index (χ1v) is 22.5. The van der Waals surface area contributed by atoms with Crippen LogP contribution in [0.4, 0.5) is 28.4 Å². The van der Waals surface area contributed by atoms with Crippen molar-refractivity contribution in [1.29, 1.82) is 0 Å². The quantitative estimate of drug-likeness (QED) is 0.163. The number of aromatic nitrogens is 2. The van der Waals surface area contributed by atoms with Crippen molar-refractivity contribution in [2.75, 3.05) is 10.2 Å². The van der Waals surface area contributed by atoms with Gasteiger partial charge in [0.15, 0.2) is 12.9 Å². The molecule has 1 radical (unpaired) electrons. The van der Waals surface area contributed by atoms with Crippen LogP contribution in [0.3, 0.4) is 0 Å². The van der Waals surface area contributed by atoms with E-state index in [1.807, 2.05) is 18.2 Å². The molecule has 5 nitrogen and oxygen atoms in total. The number of benzene rings is 8. The molecular formula is C58H48BN4O. The Bertz CT molecular complexity index is 3400. The molecule has 1 aliphatic heterocycles. The highest BCUT2D eigenvalue weighted by molar-refractivity contribution is 6.74. The van der Waals surface area contributed by atoms with E-state index >= 15 is 0 Å². The summed E-state index contributed by atoms with van der Waals surface area (Å²) in [6.45, 7) is 11.8. The SMILES string of the molecule is Cc1ccc(Nc2cc3c(cc2-c2cc(N(c4ccccc4)c4ccccc4)c4c5ccccc5n5c4c2[B]c2cc4nc(-c6ccccc6)oc4cc2-5)C(C)(C)CCC3(C)C)cc1. The standard InChI is InChI=1S/C58H48BN4O/c1-36-25-27-38(28-26-36)60-47-33-45-44(57(2,3)29-30-58(45,4)5)31-42(47)43-32-51(62(39-19-11-7-12-20-39)40-21-13-8-14-22-40)53-41-23-15-16-24-49(41)63-50-35-52-48(34-46(50)59-54(43)55(53)63)61-56(64-52)37-17-9-6-10-18-37/h6-28,31-35,60H,29-30H2,1-5H3. The van der Waals surface area contributed by atoms with Gasteiger partial charge in [0.2, 0.25) is 5.89 Å². The fourth-order valence-corrected chi connectivity index (χ4v) is 10.4. The average molecular weight is 828 g/mol. The van der Waals surface area contributed by atoms with Gasteiger partial charge in [0.25, 0.3) is 0 Å². The molecule has 0 atom stereocenters. The molecule has 2 aromatic heterocycles. The number of nitrogens with one attached hydrogen (secondary N) is 1. The van der Waals surface area contributed by atoms with E-state index in [2.05, 4.69) is 208 Å². The van der Waals surface area contributed by atoms with Crippen LogP contribution in [-0.4, -0.2) is 16.8 Å². The first kappa shape index (κ1) is 38.4. The third kappa shape index (κ3) is 6.11. The van der Waals surface area contributed by atoms with Gasteiger partial charge in [0.05, 0.1) is 16.7 Å². The van der Waals surface area contributed by atoms with E-state index in [1.165, 1.54) is 44.0 Å². The minimum absolute atomic E-state index is 0.00744. The van der Waals surface area contributed by atoms with Gasteiger partial charge >= 0.3 is 0 Å². The van der Waals surface area contributed by atoms with Crippen LogP contribution in [0.2, 0.25) is 0 Å². The highest BCUT2D eigenvalue weighted by atomic mass is 16.3. The minimum atomic E-state index is -0.00744. The summed E-state index contributed by atoms with van der Waals surface area (Å²) >= 11 is 0. The molecule has 1 aliphatic carbocycles. The predicted molar refractivity (Wildman–Crippen MR) is 269 cm³/mol. The van der Waals surface area contributed by atoms with Crippen molar-refractivity contribution in [2.45, 2.75) is 58.3 Å². The number of oxazole rings is 1. The number of rotatable bonds is 7. The van der Waals surface area contributed by atoms with Gasteiger partial charge in [0.1, 0.15) is 5.52 Å². The van der Waals surface area contributed by atoms with Crippen molar-refractivity contribution in [3.05, 3.63) is 187 Å². The number of para-hydroxylation sites is 3. The average Bonchev–Trinajstić information content (AvgIpc) is 3.90. The van der Waals surface area contributed by atoms with Crippen LogP contribution in [0, 0.1) is 6.92 Å². The van der Waals surface area contributed by atoms with Crippen LogP contribution >= 0.6 is 0 Å². The summed E-state index contributed by atoms with van der Waals surface area (Å²) in [4.78, 5) is 7.51. The maximum atomic E-state index is 6.58. The molecule has 3 heterocycles. The highest BCUT2D eigenvalue weighted by Crippen LogP contribution is 2.51. The van der Waals surface area contributed by atoms with E-state index in [4.69, 9.17) is 9.40 Å². The molecule has 0 amide bonds. The fourth-order valence-electron chi connectivity index (χ4n) is 10.4. The third-order valence-electron chi connectivity index (χ3n) is 13.9. The van der Waals surface area contributed by atoms with Gasteiger partial charge in [0, 0.05) is 56.4 Å². The highest BCUT2D eigenvalue weighted by Gasteiger charge is 2.39. The molecule has 12 rings (SSSR count). The van der Waals surface area contributed by atoms with Crippen molar-refractivity contribution < 1.29 is 4.42 Å². The molecule has 0 fully saturated rings. The van der Waals surface area contributed by atoms with Gasteiger partial charge in [-0.05, 0) is 132 Å². The zero-order chi connectivity index (χ0) is 43.3. The Hall–Kier alpha value is -7.31. The fraction of sp³-hybridized carbons (Fsp3) is 0.155. The van der Waals surface area contributed by atoms with Crippen LogP contribution < -0.4 is 21.1 Å². The van der Waals surface area contributed by atoms with Gasteiger partial charge in [-0.3, -0.25) is 0 Å². The number of anilines is 5. The number of hydrogen-bond donors (Lipinski definition) is 1. The zero-order valence-corrected chi connectivity index (χ0v) is 36.9. The molecule has 0 bridgehead atoms. The van der Waals surface area contributed by atoms with Gasteiger partial charge in [-0.25, -0.2) is 4.98 Å². The molecule has 6 heteroatoms. The monoisotopic (exact) mass is 827 g/mol. The van der Waals surface area contributed by atoms with Crippen molar-refractivity contribution in [3.63, 3.8) is 0 Å². The van der Waals surface area contributed by atoms with Crippen LogP contribution in [0.5, 0.6) is 0 Å². The van der Waals surface area contributed by atoms with Crippen molar-refractivity contribution >= 4 is 79.5 Å². The summed E-state index contributed by atoms with van der Waals surface area (Å²) in [7, 11) is 2.41. The van der Waals surface area contributed by atoms with Gasteiger partial charge in [-0.15, -0.1) is 0 Å². The van der Waals surface area contributed by atoms with Crippen LogP contribution in [-0.2, 0) is 10.8 Å². The van der Waals surface area contributed by atoms with E-state index in [-0.39, 0.29) is 10.8 Å². The van der Waals surface area contributed by atoms with Crippen molar-refractivity contribution in [2.24, 2.45) is 0 Å². The Kier molecular flexibility index (Phi) is 8.61. The molecule has 0 spiro atoms. The summed E-state index contributed by atoms with van der Waals surface area (Å²) in [6.07, 6.45) is 2.25. The molecule has 1 N–H and O–H groups in total. The molecule has 0 saturated heterocycles. The van der Waals surface area contributed by atoms with E-state index < -0.39 is 0 Å². The summed E-state index contributed by atoms with van der Waals surface area (Å²) in [5.74, 6) is 0.619. The molecule has 8 aromatic carbocycles. The molecule has 2 aliphatic rings. The summed E-state index contributed by atoms with van der Waals surface area (Å²) in [5.41, 5.74) is 20.1. The number of aryl methyl sites for hydroxylation is 1. The summed E-state index contributed by atoms with van der Waals surface area (Å²) in [6, 6.07) is 61.4. The van der Waals surface area contributed by atoms with Gasteiger partial charge < -0.3 is 19.2 Å². The van der Waals surface area contributed by atoms with Crippen molar-refractivity contribution in [3.8, 4) is 28.3 Å². The van der Waals surface area contributed by atoms with Crippen LogP contribution in [0.1, 0.15) is 57.2 Å². The Balaban J connectivity index is 1.22. The molecule has 10 aromatic rings. The second kappa shape index (κ2) is 14.4. The Morgan fingerprint density at radius 1 is 0.656 bits per heavy atom. The normalized spacial score (nSPS) is 14.6. The van der Waals surface area contributed by atoms with Gasteiger partial charge in [-0.1, -0.05) is 124 Å². The lowest BCUT2D eigenvalue weighted by Crippen LogP contribution is -2.38. The van der Waals surface area contributed by atoms with E-state index in [0.29, 0.717) is 5.89 Å². The predicted octanol–water partition coefficient (Wildman–Crippen LogP) is 14.1. The Morgan fingerprint density at radius 3 is 1.97 bits per heavy atom. The van der Waals surface area contributed by atoms with E-state index in [9.17, 15) is 0 Å². The number of fused-ring (bicyclic) bond motifs is 7. The molecule has 0 unspecified atom stereocenters. The summed E-state index contributed by atoms with van der Waals surface area (Å²) in [5, 5.41) is 6.37. The topological polar surface area (TPSA) is 46.2 Å². The molecular weight excluding hydrogens is 779 g/mol. The van der Waals surface area contributed by atoms with Crippen LogP contribution in [0.15, 0.2) is 174 Å².